The molecule has 0 amide bonds. The Bertz CT molecular complexity index is 175. The summed E-state index contributed by atoms with van der Waals surface area (Å²) in [6.45, 7) is 9.85. The summed E-state index contributed by atoms with van der Waals surface area (Å²) in [6.07, 6.45) is 5.91. The van der Waals surface area contributed by atoms with E-state index in [-0.39, 0.29) is 0 Å². The topological polar surface area (TPSA) is 12.4 Å². The van der Waals surface area contributed by atoms with Gasteiger partial charge in [-0.05, 0) is 25.8 Å². The molecule has 0 spiro atoms. The number of hydrogen-bond donors (Lipinski definition) is 0. The van der Waals surface area contributed by atoms with Crippen molar-refractivity contribution in [1.82, 2.24) is 0 Å². The molecule has 0 fully saturated rings. The van der Waals surface area contributed by atoms with Gasteiger partial charge in [0.1, 0.15) is 0 Å². The van der Waals surface area contributed by atoms with Crippen LogP contribution in [0.15, 0.2) is 29.4 Å². The van der Waals surface area contributed by atoms with Crippen molar-refractivity contribution in [2.24, 2.45) is 4.99 Å². The van der Waals surface area contributed by atoms with Gasteiger partial charge in [-0.15, -0.1) is 0 Å². The van der Waals surface area contributed by atoms with Gasteiger partial charge in [-0.1, -0.05) is 26.0 Å². The van der Waals surface area contributed by atoms with Crippen molar-refractivity contribution >= 4 is 5.71 Å². The van der Waals surface area contributed by atoms with Gasteiger partial charge in [-0.25, -0.2) is 0 Å². The quantitative estimate of drug-likeness (QED) is 0.431. The third-order valence-electron chi connectivity index (χ3n) is 1.42. The molecule has 0 aromatic rings. The summed E-state index contributed by atoms with van der Waals surface area (Å²) in [7, 11) is 0. The SMILES string of the molecule is C=C/C(C)=C\N=C(\C)CCC. The van der Waals surface area contributed by atoms with E-state index in [0.29, 0.717) is 0 Å². The van der Waals surface area contributed by atoms with Gasteiger partial charge in [-0.3, -0.25) is 4.99 Å². The maximum absolute atomic E-state index is 4.27. The Balaban J connectivity index is 3.99. The van der Waals surface area contributed by atoms with Gasteiger partial charge in [0.2, 0.25) is 0 Å². The first-order valence-corrected chi connectivity index (χ1v) is 4.03. The number of aliphatic imine (C=N–C) groups is 1. The summed E-state index contributed by atoms with van der Waals surface area (Å²) in [4.78, 5) is 4.27. The van der Waals surface area contributed by atoms with E-state index in [4.69, 9.17) is 0 Å². The predicted molar refractivity (Wildman–Crippen MR) is 52.0 cm³/mol. The van der Waals surface area contributed by atoms with E-state index < -0.39 is 0 Å². The van der Waals surface area contributed by atoms with Crippen molar-refractivity contribution in [2.45, 2.75) is 33.6 Å². The molecule has 0 bridgehead atoms. The Kier molecular flexibility index (Phi) is 5.44. The summed E-state index contributed by atoms with van der Waals surface area (Å²) < 4.78 is 0. The zero-order chi connectivity index (χ0) is 8.69. The van der Waals surface area contributed by atoms with Crippen molar-refractivity contribution in [3.8, 4) is 0 Å². The Labute approximate surface area is 69.5 Å². The van der Waals surface area contributed by atoms with Gasteiger partial charge in [0.25, 0.3) is 0 Å². The molecule has 0 aliphatic rings. The highest BCUT2D eigenvalue weighted by Gasteiger charge is 1.85. The molecule has 0 radical (unpaired) electrons. The molecule has 0 saturated heterocycles. The molecule has 0 saturated carbocycles. The molecular weight excluding hydrogens is 134 g/mol. The first kappa shape index (κ1) is 10.2. The van der Waals surface area contributed by atoms with Gasteiger partial charge in [0, 0.05) is 11.9 Å². The second kappa shape index (κ2) is 5.90. The van der Waals surface area contributed by atoms with Crippen LogP contribution in [0.3, 0.4) is 0 Å². The zero-order valence-electron chi connectivity index (χ0n) is 7.72. The van der Waals surface area contributed by atoms with E-state index >= 15 is 0 Å². The highest BCUT2D eigenvalue weighted by Crippen LogP contribution is 1.96. The lowest BCUT2D eigenvalue weighted by Gasteiger charge is -1.93. The van der Waals surface area contributed by atoms with Crippen LogP contribution in [0, 0.1) is 0 Å². The van der Waals surface area contributed by atoms with Crippen molar-refractivity contribution < 1.29 is 0 Å². The lowest BCUT2D eigenvalue weighted by molar-refractivity contribution is 0.987. The maximum Gasteiger partial charge on any atom is 0.0296 e. The predicted octanol–water partition coefficient (Wildman–Crippen LogP) is 3.34. The van der Waals surface area contributed by atoms with Crippen molar-refractivity contribution in [3.05, 3.63) is 24.4 Å². The first-order chi connectivity index (χ1) is 5.20. The molecular formula is C10H17N. The Morgan fingerprint density at radius 2 is 2.09 bits per heavy atom. The highest BCUT2D eigenvalue weighted by molar-refractivity contribution is 5.82. The van der Waals surface area contributed by atoms with E-state index in [0.717, 1.165) is 18.4 Å². The largest absolute Gasteiger partial charge is 0.266 e. The fourth-order valence-corrected chi connectivity index (χ4v) is 0.691. The molecule has 62 valence electrons. The number of allylic oxidation sites excluding steroid dienone is 2. The summed E-state index contributed by atoms with van der Waals surface area (Å²) in [5, 5.41) is 0. The monoisotopic (exact) mass is 151 g/mol. The van der Waals surface area contributed by atoms with E-state index in [9.17, 15) is 0 Å². The van der Waals surface area contributed by atoms with Crippen LogP contribution in [0.4, 0.5) is 0 Å². The second-order valence-electron chi connectivity index (χ2n) is 2.69. The van der Waals surface area contributed by atoms with Gasteiger partial charge in [0.15, 0.2) is 0 Å². The molecule has 0 rings (SSSR count). The number of nitrogens with zero attached hydrogens (tertiary/aromatic N) is 1. The summed E-state index contributed by atoms with van der Waals surface area (Å²) in [6, 6.07) is 0. The minimum atomic E-state index is 1.08. The second-order valence-corrected chi connectivity index (χ2v) is 2.69. The Hall–Kier alpha value is -0.850. The third kappa shape index (κ3) is 5.59. The summed E-state index contributed by atoms with van der Waals surface area (Å²) in [5.41, 5.74) is 2.30. The molecule has 1 heteroatoms. The fraction of sp³-hybridized carbons (Fsp3) is 0.500. The normalized spacial score (nSPS) is 13.4. The van der Waals surface area contributed by atoms with Crippen LogP contribution in [0.1, 0.15) is 33.6 Å². The van der Waals surface area contributed by atoms with Crippen molar-refractivity contribution in [3.63, 3.8) is 0 Å². The average molecular weight is 151 g/mol. The molecule has 0 unspecified atom stereocenters. The van der Waals surface area contributed by atoms with Crippen LogP contribution in [0.5, 0.6) is 0 Å². The van der Waals surface area contributed by atoms with Crippen LogP contribution in [-0.4, -0.2) is 5.71 Å². The van der Waals surface area contributed by atoms with E-state index in [1.807, 2.05) is 19.2 Å². The molecule has 0 aliphatic heterocycles. The Morgan fingerprint density at radius 3 is 2.55 bits per heavy atom. The molecule has 0 atom stereocenters. The maximum atomic E-state index is 4.27. The molecule has 11 heavy (non-hydrogen) atoms. The Morgan fingerprint density at radius 1 is 1.45 bits per heavy atom. The minimum absolute atomic E-state index is 1.08. The fourth-order valence-electron chi connectivity index (χ4n) is 0.691. The molecule has 1 nitrogen and oxygen atoms in total. The van der Waals surface area contributed by atoms with E-state index in [1.54, 1.807) is 0 Å². The highest BCUT2D eigenvalue weighted by atomic mass is 14.7. The lowest BCUT2D eigenvalue weighted by Crippen LogP contribution is -1.87. The van der Waals surface area contributed by atoms with Gasteiger partial charge in [0.05, 0.1) is 0 Å². The average Bonchev–Trinajstić information content (AvgIpc) is 2.01. The van der Waals surface area contributed by atoms with Crippen LogP contribution < -0.4 is 0 Å². The zero-order valence-corrected chi connectivity index (χ0v) is 7.72. The van der Waals surface area contributed by atoms with Crippen LogP contribution in [0.25, 0.3) is 0 Å². The van der Waals surface area contributed by atoms with E-state index in [2.05, 4.69) is 25.4 Å². The molecule has 0 aromatic carbocycles. The first-order valence-electron chi connectivity index (χ1n) is 4.03. The van der Waals surface area contributed by atoms with Crippen LogP contribution >= 0.6 is 0 Å². The molecule has 0 heterocycles. The lowest BCUT2D eigenvalue weighted by atomic mass is 10.2. The molecule has 0 aliphatic carbocycles. The van der Waals surface area contributed by atoms with Gasteiger partial charge < -0.3 is 0 Å². The number of rotatable bonds is 4. The van der Waals surface area contributed by atoms with Gasteiger partial charge in [-0.2, -0.15) is 0 Å². The smallest absolute Gasteiger partial charge is 0.0296 e. The van der Waals surface area contributed by atoms with E-state index in [1.165, 1.54) is 5.71 Å². The minimum Gasteiger partial charge on any atom is -0.266 e. The number of hydrogen-bond acceptors (Lipinski definition) is 1. The van der Waals surface area contributed by atoms with Gasteiger partial charge >= 0.3 is 0 Å². The molecule has 0 N–H and O–H groups in total. The summed E-state index contributed by atoms with van der Waals surface area (Å²) >= 11 is 0. The standard InChI is InChI=1S/C10H17N/c1-5-7-10(4)11-8-9(3)6-2/h6,8H,2,5,7H2,1,3-4H3/b9-8-,11-10-. The molecule has 0 aromatic heterocycles. The van der Waals surface area contributed by atoms with Crippen LogP contribution in [0.2, 0.25) is 0 Å². The van der Waals surface area contributed by atoms with Crippen molar-refractivity contribution in [1.29, 1.82) is 0 Å². The summed E-state index contributed by atoms with van der Waals surface area (Å²) in [5.74, 6) is 0. The van der Waals surface area contributed by atoms with Crippen molar-refractivity contribution in [2.75, 3.05) is 0 Å². The third-order valence-corrected chi connectivity index (χ3v) is 1.42. The van der Waals surface area contributed by atoms with Crippen LogP contribution in [-0.2, 0) is 0 Å².